The highest BCUT2D eigenvalue weighted by atomic mass is 16.7. The van der Waals surface area contributed by atoms with Gasteiger partial charge in [-0.05, 0) is 44.0 Å². The Balaban J connectivity index is 1.69. The molecular formula is C15H21NO3. The monoisotopic (exact) mass is 263 g/mol. The van der Waals surface area contributed by atoms with Gasteiger partial charge in [-0.15, -0.1) is 0 Å². The van der Waals surface area contributed by atoms with Crippen LogP contribution in [-0.2, 0) is 4.74 Å². The summed E-state index contributed by atoms with van der Waals surface area (Å²) in [6, 6.07) is 6.81. The van der Waals surface area contributed by atoms with Gasteiger partial charge in [0.05, 0.1) is 6.61 Å². The summed E-state index contributed by atoms with van der Waals surface area (Å²) in [7, 11) is 0. The van der Waals surface area contributed by atoms with Gasteiger partial charge < -0.3 is 14.2 Å². The fourth-order valence-corrected chi connectivity index (χ4v) is 2.92. The average Bonchev–Trinajstić information content (AvgIpc) is 3.06. The SMILES string of the molecule is CCOCCN1CCC[C@H]1c1ccc2c(c1)OCO2. The molecule has 0 amide bonds. The summed E-state index contributed by atoms with van der Waals surface area (Å²) >= 11 is 0. The summed E-state index contributed by atoms with van der Waals surface area (Å²) in [5.74, 6) is 1.75. The molecule has 0 N–H and O–H groups in total. The lowest BCUT2D eigenvalue weighted by atomic mass is 10.0. The molecule has 0 spiro atoms. The van der Waals surface area contributed by atoms with Gasteiger partial charge in [0.2, 0.25) is 6.79 Å². The molecular weight excluding hydrogens is 242 g/mol. The molecule has 104 valence electrons. The van der Waals surface area contributed by atoms with E-state index in [1.807, 2.05) is 13.0 Å². The van der Waals surface area contributed by atoms with Crippen molar-refractivity contribution in [2.24, 2.45) is 0 Å². The van der Waals surface area contributed by atoms with Crippen molar-refractivity contribution >= 4 is 0 Å². The van der Waals surface area contributed by atoms with Crippen molar-refractivity contribution in [3.05, 3.63) is 23.8 Å². The molecule has 19 heavy (non-hydrogen) atoms. The van der Waals surface area contributed by atoms with E-state index in [4.69, 9.17) is 14.2 Å². The summed E-state index contributed by atoms with van der Waals surface area (Å²) in [4.78, 5) is 2.51. The second-order valence-electron chi connectivity index (χ2n) is 5.00. The van der Waals surface area contributed by atoms with Crippen LogP contribution in [-0.4, -0.2) is 38.0 Å². The Kier molecular flexibility index (Phi) is 3.89. The van der Waals surface area contributed by atoms with Crippen LogP contribution in [0.4, 0.5) is 0 Å². The van der Waals surface area contributed by atoms with Gasteiger partial charge in [0.1, 0.15) is 0 Å². The topological polar surface area (TPSA) is 30.9 Å². The molecule has 1 saturated heterocycles. The standard InChI is InChI=1S/C15H21NO3/c1-2-17-9-8-16-7-3-4-13(16)12-5-6-14-15(10-12)19-11-18-14/h5-6,10,13H,2-4,7-9,11H2,1H3/t13-/m0/s1. The van der Waals surface area contributed by atoms with E-state index in [0.29, 0.717) is 12.8 Å². The number of rotatable bonds is 5. The lowest BCUT2D eigenvalue weighted by Gasteiger charge is -2.24. The average molecular weight is 263 g/mol. The minimum Gasteiger partial charge on any atom is -0.454 e. The molecule has 3 rings (SSSR count). The zero-order valence-electron chi connectivity index (χ0n) is 11.4. The zero-order chi connectivity index (χ0) is 13.1. The van der Waals surface area contributed by atoms with E-state index in [9.17, 15) is 0 Å². The van der Waals surface area contributed by atoms with Crippen LogP contribution in [0.15, 0.2) is 18.2 Å². The summed E-state index contributed by atoms with van der Waals surface area (Å²) < 4.78 is 16.3. The summed E-state index contributed by atoms with van der Waals surface area (Å²) in [6.07, 6.45) is 2.47. The van der Waals surface area contributed by atoms with Crippen molar-refractivity contribution in [3.8, 4) is 11.5 Å². The molecule has 0 aromatic heterocycles. The minimum atomic E-state index is 0.345. The van der Waals surface area contributed by atoms with Crippen LogP contribution in [0.1, 0.15) is 31.4 Å². The highest BCUT2D eigenvalue weighted by Crippen LogP contribution is 2.38. The molecule has 0 aliphatic carbocycles. The van der Waals surface area contributed by atoms with E-state index in [1.165, 1.54) is 18.4 Å². The maximum atomic E-state index is 5.47. The van der Waals surface area contributed by atoms with E-state index in [2.05, 4.69) is 17.0 Å². The predicted molar refractivity (Wildman–Crippen MR) is 72.6 cm³/mol. The second kappa shape index (κ2) is 5.80. The molecule has 0 unspecified atom stereocenters. The van der Waals surface area contributed by atoms with Gasteiger partial charge in [-0.25, -0.2) is 0 Å². The third-order valence-corrected chi connectivity index (χ3v) is 3.87. The van der Waals surface area contributed by atoms with Gasteiger partial charge in [0.15, 0.2) is 11.5 Å². The summed E-state index contributed by atoms with van der Waals surface area (Å²) in [6.45, 7) is 6.16. The summed E-state index contributed by atoms with van der Waals surface area (Å²) in [5.41, 5.74) is 1.33. The summed E-state index contributed by atoms with van der Waals surface area (Å²) in [5, 5.41) is 0. The number of benzene rings is 1. The highest BCUT2D eigenvalue weighted by molar-refractivity contribution is 5.45. The van der Waals surface area contributed by atoms with Crippen molar-refractivity contribution in [1.29, 1.82) is 0 Å². The Morgan fingerprint density at radius 1 is 1.32 bits per heavy atom. The Labute approximate surface area is 114 Å². The van der Waals surface area contributed by atoms with Crippen molar-refractivity contribution < 1.29 is 14.2 Å². The van der Waals surface area contributed by atoms with E-state index in [0.717, 1.165) is 37.8 Å². The van der Waals surface area contributed by atoms with Crippen LogP contribution in [0, 0.1) is 0 Å². The fourth-order valence-electron chi connectivity index (χ4n) is 2.92. The molecule has 2 aliphatic heterocycles. The van der Waals surface area contributed by atoms with E-state index >= 15 is 0 Å². The fraction of sp³-hybridized carbons (Fsp3) is 0.600. The lowest BCUT2D eigenvalue weighted by molar-refractivity contribution is 0.108. The van der Waals surface area contributed by atoms with E-state index in [-0.39, 0.29) is 0 Å². The molecule has 1 fully saturated rings. The van der Waals surface area contributed by atoms with Crippen LogP contribution in [0.2, 0.25) is 0 Å². The Bertz CT molecular complexity index is 435. The molecule has 0 radical (unpaired) electrons. The number of nitrogens with zero attached hydrogens (tertiary/aromatic N) is 1. The van der Waals surface area contributed by atoms with Crippen LogP contribution in [0.5, 0.6) is 11.5 Å². The third kappa shape index (κ3) is 2.69. The van der Waals surface area contributed by atoms with Crippen molar-refractivity contribution in [2.75, 3.05) is 33.1 Å². The Morgan fingerprint density at radius 2 is 2.21 bits per heavy atom. The first-order valence-electron chi connectivity index (χ1n) is 7.10. The van der Waals surface area contributed by atoms with Gasteiger partial charge in [-0.1, -0.05) is 6.07 Å². The van der Waals surface area contributed by atoms with Gasteiger partial charge in [0, 0.05) is 19.2 Å². The zero-order valence-corrected chi connectivity index (χ0v) is 11.4. The van der Waals surface area contributed by atoms with Crippen molar-refractivity contribution in [3.63, 3.8) is 0 Å². The molecule has 4 nitrogen and oxygen atoms in total. The minimum absolute atomic E-state index is 0.345. The van der Waals surface area contributed by atoms with Crippen LogP contribution >= 0.6 is 0 Å². The second-order valence-corrected chi connectivity index (χ2v) is 5.00. The van der Waals surface area contributed by atoms with Gasteiger partial charge in [0.25, 0.3) is 0 Å². The first kappa shape index (κ1) is 12.8. The van der Waals surface area contributed by atoms with E-state index in [1.54, 1.807) is 0 Å². The van der Waals surface area contributed by atoms with Crippen LogP contribution in [0.25, 0.3) is 0 Å². The molecule has 2 aliphatic rings. The van der Waals surface area contributed by atoms with Gasteiger partial charge >= 0.3 is 0 Å². The normalized spacial score (nSPS) is 22.1. The molecule has 1 aromatic carbocycles. The molecule has 1 atom stereocenters. The molecule has 2 heterocycles. The lowest BCUT2D eigenvalue weighted by Crippen LogP contribution is -2.27. The smallest absolute Gasteiger partial charge is 0.231 e. The molecule has 4 heteroatoms. The Hall–Kier alpha value is -1.26. The molecule has 0 saturated carbocycles. The third-order valence-electron chi connectivity index (χ3n) is 3.87. The maximum absolute atomic E-state index is 5.47. The quantitative estimate of drug-likeness (QED) is 0.764. The number of hydrogen-bond acceptors (Lipinski definition) is 4. The van der Waals surface area contributed by atoms with Gasteiger partial charge in [-0.3, -0.25) is 4.90 Å². The first-order valence-corrected chi connectivity index (χ1v) is 7.10. The predicted octanol–water partition coefficient (Wildman–Crippen LogP) is 2.59. The molecule has 0 bridgehead atoms. The van der Waals surface area contributed by atoms with Gasteiger partial charge in [-0.2, -0.15) is 0 Å². The largest absolute Gasteiger partial charge is 0.454 e. The first-order chi connectivity index (χ1) is 9.38. The van der Waals surface area contributed by atoms with Crippen LogP contribution in [0.3, 0.4) is 0 Å². The number of hydrogen-bond donors (Lipinski definition) is 0. The number of fused-ring (bicyclic) bond motifs is 1. The van der Waals surface area contributed by atoms with E-state index < -0.39 is 0 Å². The number of likely N-dealkylation sites (tertiary alicyclic amines) is 1. The van der Waals surface area contributed by atoms with Crippen molar-refractivity contribution in [1.82, 2.24) is 4.90 Å². The van der Waals surface area contributed by atoms with Crippen molar-refractivity contribution in [2.45, 2.75) is 25.8 Å². The van der Waals surface area contributed by atoms with Crippen LogP contribution < -0.4 is 9.47 Å². The number of ether oxygens (including phenoxy) is 3. The highest BCUT2D eigenvalue weighted by Gasteiger charge is 2.27. The maximum Gasteiger partial charge on any atom is 0.231 e. The molecule has 1 aromatic rings. The Morgan fingerprint density at radius 3 is 3.11 bits per heavy atom.